The number of nitrogens with one attached hydrogen (secondary N) is 3. The van der Waals surface area contributed by atoms with Gasteiger partial charge in [0.05, 0.1) is 17.1 Å². The summed E-state index contributed by atoms with van der Waals surface area (Å²) in [6, 6.07) is 7.64. The van der Waals surface area contributed by atoms with Crippen molar-refractivity contribution in [2.75, 3.05) is 7.05 Å². The Morgan fingerprint density at radius 2 is 1.95 bits per heavy atom. The second-order valence-electron chi connectivity index (χ2n) is 4.67. The number of aryl methyl sites for hydroxylation is 1. The van der Waals surface area contributed by atoms with Gasteiger partial charge < -0.3 is 19.7 Å². The number of aromatic nitrogens is 2. The molecule has 2 heterocycles. The number of H-pyrrole nitrogens is 2. The highest BCUT2D eigenvalue weighted by atomic mass is 79.9. The van der Waals surface area contributed by atoms with E-state index in [2.05, 4.69) is 31.2 Å². The summed E-state index contributed by atoms with van der Waals surface area (Å²) in [6.45, 7) is 1.91. The van der Waals surface area contributed by atoms with Crippen molar-refractivity contribution in [3.63, 3.8) is 0 Å². The second-order valence-corrected chi connectivity index (χ2v) is 5.52. The van der Waals surface area contributed by atoms with Crippen LogP contribution in [0.3, 0.4) is 0 Å². The quantitative estimate of drug-likeness (QED) is 0.689. The summed E-state index contributed by atoms with van der Waals surface area (Å²) in [5.41, 5.74) is 2.34. The van der Waals surface area contributed by atoms with Gasteiger partial charge in [-0.1, -0.05) is 15.9 Å². The number of halogens is 1. The Kier molecular flexibility index (Phi) is 3.27. The van der Waals surface area contributed by atoms with E-state index < -0.39 is 0 Å². The van der Waals surface area contributed by atoms with Crippen LogP contribution in [0.5, 0.6) is 0 Å². The van der Waals surface area contributed by atoms with Crippen molar-refractivity contribution >= 4 is 27.0 Å². The minimum absolute atomic E-state index is 0.0825. The van der Waals surface area contributed by atoms with Gasteiger partial charge in [0, 0.05) is 4.47 Å². The molecule has 6 heteroatoms. The Hall–Kier alpha value is -1.79. The predicted octanol–water partition coefficient (Wildman–Crippen LogP) is 2.83. The zero-order valence-corrected chi connectivity index (χ0v) is 12.7. The van der Waals surface area contributed by atoms with Crippen molar-refractivity contribution in [1.82, 2.24) is 15.3 Å². The van der Waals surface area contributed by atoms with Crippen LogP contribution in [0.1, 0.15) is 23.1 Å². The smallest absolute Gasteiger partial charge is 0.323 e. The molecule has 0 spiro atoms. The Labute approximate surface area is 123 Å². The fraction of sp³-hybridized carbons (Fsp3) is 0.214. The third-order valence-corrected chi connectivity index (χ3v) is 3.97. The molecule has 104 valence electrons. The molecule has 0 bridgehead atoms. The maximum absolute atomic E-state index is 11.4. The number of hydrogen-bond donors (Lipinski definition) is 3. The van der Waals surface area contributed by atoms with E-state index in [1.807, 2.05) is 38.2 Å². The van der Waals surface area contributed by atoms with Gasteiger partial charge in [0.1, 0.15) is 11.5 Å². The van der Waals surface area contributed by atoms with Gasteiger partial charge in [-0.3, -0.25) is 0 Å². The molecule has 1 aromatic carbocycles. The number of rotatable bonds is 3. The van der Waals surface area contributed by atoms with Gasteiger partial charge in [0.15, 0.2) is 0 Å². The normalized spacial score (nSPS) is 12.9. The standard InChI is InChI=1S/C14H14BrN3O2/c1-7-3-4-12(20-7)13(16-2)8-5-10-11(6-9(8)15)18-14(19)17-10/h3-6,13,16H,1-2H3,(H2,17,18,19). The molecule has 0 saturated carbocycles. The molecule has 0 aliphatic carbocycles. The van der Waals surface area contributed by atoms with Crippen molar-refractivity contribution in [2.24, 2.45) is 0 Å². The topological polar surface area (TPSA) is 73.8 Å². The van der Waals surface area contributed by atoms with E-state index in [0.717, 1.165) is 32.6 Å². The predicted molar refractivity (Wildman–Crippen MR) is 81.0 cm³/mol. The van der Waals surface area contributed by atoms with E-state index in [1.54, 1.807) is 0 Å². The molecule has 5 nitrogen and oxygen atoms in total. The van der Waals surface area contributed by atoms with E-state index in [0.29, 0.717) is 0 Å². The van der Waals surface area contributed by atoms with Gasteiger partial charge in [-0.15, -0.1) is 0 Å². The van der Waals surface area contributed by atoms with Gasteiger partial charge >= 0.3 is 5.69 Å². The van der Waals surface area contributed by atoms with E-state index in [4.69, 9.17) is 4.42 Å². The van der Waals surface area contributed by atoms with Crippen LogP contribution in [0, 0.1) is 6.92 Å². The fourth-order valence-electron chi connectivity index (χ4n) is 2.35. The summed E-state index contributed by atoms with van der Waals surface area (Å²) in [7, 11) is 1.87. The number of benzene rings is 1. The SMILES string of the molecule is CNC(c1ccc(C)o1)c1cc2[nH]c(=O)[nH]c2cc1Br. The van der Waals surface area contributed by atoms with Crippen LogP contribution in [-0.4, -0.2) is 17.0 Å². The van der Waals surface area contributed by atoms with Gasteiger partial charge in [-0.2, -0.15) is 0 Å². The Morgan fingerprint density at radius 3 is 2.55 bits per heavy atom. The minimum Gasteiger partial charge on any atom is -0.464 e. The largest absolute Gasteiger partial charge is 0.464 e. The molecule has 0 aliphatic heterocycles. The van der Waals surface area contributed by atoms with Gasteiger partial charge in [0.2, 0.25) is 0 Å². The number of hydrogen-bond acceptors (Lipinski definition) is 3. The first kappa shape index (κ1) is 13.2. The lowest BCUT2D eigenvalue weighted by atomic mass is 10.0. The Bertz CT molecular complexity index is 815. The number of aromatic amines is 2. The van der Waals surface area contributed by atoms with Gasteiger partial charge in [0.25, 0.3) is 0 Å². The maximum Gasteiger partial charge on any atom is 0.323 e. The lowest BCUT2D eigenvalue weighted by Crippen LogP contribution is -2.17. The van der Waals surface area contributed by atoms with Crippen LogP contribution in [0.25, 0.3) is 11.0 Å². The van der Waals surface area contributed by atoms with Gasteiger partial charge in [-0.25, -0.2) is 4.79 Å². The Morgan fingerprint density at radius 1 is 1.25 bits per heavy atom. The molecule has 1 atom stereocenters. The monoisotopic (exact) mass is 335 g/mol. The van der Waals surface area contributed by atoms with Crippen molar-refractivity contribution in [1.29, 1.82) is 0 Å². The second kappa shape index (κ2) is 4.96. The number of imidazole rings is 1. The van der Waals surface area contributed by atoms with Crippen LogP contribution >= 0.6 is 15.9 Å². The lowest BCUT2D eigenvalue weighted by Gasteiger charge is -2.16. The Balaban J connectivity index is 2.15. The van der Waals surface area contributed by atoms with Gasteiger partial charge in [-0.05, 0) is 43.8 Å². The maximum atomic E-state index is 11.4. The molecule has 0 radical (unpaired) electrons. The van der Waals surface area contributed by atoms with Crippen LogP contribution < -0.4 is 11.0 Å². The first-order valence-corrected chi connectivity index (χ1v) is 7.03. The highest BCUT2D eigenvalue weighted by Crippen LogP contribution is 2.31. The zero-order chi connectivity index (χ0) is 14.3. The third-order valence-electron chi connectivity index (χ3n) is 3.28. The van der Waals surface area contributed by atoms with E-state index in [-0.39, 0.29) is 11.7 Å². The lowest BCUT2D eigenvalue weighted by molar-refractivity contribution is 0.443. The molecular weight excluding hydrogens is 322 g/mol. The summed E-state index contributed by atoms with van der Waals surface area (Å²) >= 11 is 3.55. The molecule has 1 unspecified atom stereocenters. The first-order valence-electron chi connectivity index (χ1n) is 6.23. The minimum atomic E-state index is -0.209. The molecule has 0 fully saturated rings. The fourth-order valence-corrected chi connectivity index (χ4v) is 2.93. The third kappa shape index (κ3) is 2.21. The molecule has 0 saturated heterocycles. The molecule has 3 N–H and O–H groups in total. The molecule has 2 aromatic heterocycles. The highest BCUT2D eigenvalue weighted by molar-refractivity contribution is 9.10. The van der Waals surface area contributed by atoms with Crippen molar-refractivity contribution in [2.45, 2.75) is 13.0 Å². The number of fused-ring (bicyclic) bond motifs is 1. The van der Waals surface area contributed by atoms with Crippen molar-refractivity contribution in [3.05, 3.63) is 56.3 Å². The molecular formula is C14H14BrN3O2. The number of furan rings is 1. The van der Waals surface area contributed by atoms with E-state index in [9.17, 15) is 4.79 Å². The zero-order valence-electron chi connectivity index (χ0n) is 11.1. The molecule has 0 aliphatic rings. The summed E-state index contributed by atoms with van der Waals surface area (Å²) in [6.07, 6.45) is 0. The van der Waals surface area contributed by atoms with Crippen molar-refractivity contribution in [3.8, 4) is 0 Å². The van der Waals surface area contributed by atoms with Crippen molar-refractivity contribution < 1.29 is 4.42 Å². The first-order chi connectivity index (χ1) is 9.58. The molecule has 3 aromatic rings. The van der Waals surface area contributed by atoms with Crippen LogP contribution in [0.2, 0.25) is 0 Å². The van der Waals surface area contributed by atoms with Crippen LogP contribution in [0.4, 0.5) is 0 Å². The summed E-state index contributed by atoms with van der Waals surface area (Å²) < 4.78 is 6.61. The summed E-state index contributed by atoms with van der Waals surface area (Å²) in [4.78, 5) is 16.9. The highest BCUT2D eigenvalue weighted by Gasteiger charge is 2.19. The average Bonchev–Trinajstić information content (AvgIpc) is 2.96. The molecule has 3 rings (SSSR count). The van der Waals surface area contributed by atoms with Crippen LogP contribution in [-0.2, 0) is 0 Å². The summed E-state index contributed by atoms with van der Waals surface area (Å²) in [5, 5.41) is 3.23. The molecule has 20 heavy (non-hydrogen) atoms. The molecule has 0 amide bonds. The van der Waals surface area contributed by atoms with Crippen LogP contribution in [0.15, 0.2) is 37.9 Å². The van der Waals surface area contributed by atoms with E-state index in [1.165, 1.54) is 0 Å². The van der Waals surface area contributed by atoms with E-state index >= 15 is 0 Å². The summed E-state index contributed by atoms with van der Waals surface area (Å²) in [5.74, 6) is 1.70. The average molecular weight is 336 g/mol.